The third kappa shape index (κ3) is 2.64. The number of amides is 1. The van der Waals surface area contributed by atoms with Gasteiger partial charge in [-0.15, -0.1) is 0 Å². The molecular weight excluding hydrogens is 222 g/mol. The summed E-state index contributed by atoms with van der Waals surface area (Å²) in [6.07, 6.45) is 2.87. The van der Waals surface area contributed by atoms with E-state index in [2.05, 4.69) is 9.97 Å². The van der Waals surface area contributed by atoms with E-state index in [-0.39, 0.29) is 23.3 Å². The summed E-state index contributed by atoms with van der Waals surface area (Å²) in [5.74, 6) is -1.54. The molecule has 0 saturated heterocycles. The van der Waals surface area contributed by atoms with Crippen molar-refractivity contribution in [1.82, 2.24) is 14.9 Å². The predicted molar refractivity (Wildman–Crippen MR) is 62.0 cm³/mol. The maximum Gasteiger partial charge on any atom is 0.354 e. The molecule has 0 aliphatic heterocycles. The normalized spacial score (nSPS) is 10.6. The Bertz CT molecular complexity index is 410. The second-order valence-corrected chi connectivity index (χ2v) is 3.82. The zero-order valence-electron chi connectivity index (χ0n) is 10.2. The van der Waals surface area contributed by atoms with Crippen LogP contribution in [0.3, 0.4) is 0 Å². The molecule has 94 valence electrons. The van der Waals surface area contributed by atoms with Gasteiger partial charge in [0.25, 0.3) is 5.91 Å². The average Bonchev–Trinajstić information content (AvgIpc) is 2.78. The molecule has 6 heteroatoms. The van der Waals surface area contributed by atoms with E-state index in [0.717, 1.165) is 12.8 Å². The Labute approximate surface area is 99.7 Å². The molecule has 0 radical (unpaired) electrons. The van der Waals surface area contributed by atoms with E-state index in [1.807, 2.05) is 13.8 Å². The lowest BCUT2D eigenvalue weighted by Gasteiger charge is -2.25. The lowest BCUT2D eigenvalue weighted by atomic mass is 10.1. The molecule has 0 spiro atoms. The topological polar surface area (TPSA) is 86.3 Å². The summed E-state index contributed by atoms with van der Waals surface area (Å²) in [7, 11) is 1.67. The number of hydrogen-bond donors (Lipinski definition) is 2. The Balaban J connectivity index is 2.96. The van der Waals surface area contributed by atoms with Gasteiger partial charge in [-0.3, -0.25) is 4.79 Å². The zero-order chi connectivity index (χ0) is 13.0. The van der Waals surface area contributed by atoms with Gasteiger partial charge in [0.05, 0.1) is 6.33 Å². The third-order valence-electron chi connectivity index (χ3n) is 2.87. The van der Waals surface area contributed by atoms with Crippen LogP contribution in [0.25, 0.3) is 0 Å². The summed E-state index contributed by atoms with van der Waals surface area (Å²) in [5, 5.41) is 8.90. The highest BCUT2D eigenvalue weighted by Crippen LogP contribution is 2.12. The number of H-pyrrole nitrogens is 1. The first-order valence-corrected chi connectivity index (χ1v) is 5.56. The third-order valence-corrected chi connectivity index (χ3v) is 2.87. The Kier molecular flexibility index (Phi) is 4.25. The first kappa shape index (κ1) is 13.2. The van der Waals surface area contributed by atoms with Crippen molar-refractivity contribution < 1.29 is 14.7 Å². The first-order valence-electron chi connectivity index (χ1n) is 5.56. The number of carboxylic acid groups (broad SMARTS) is 1. The molecule has 6 nitrogen and oxygen atoms in total. The summed E-state index contributed by atoms with van der Waals surface area (Å²) in [5.41, 5.74) is -0.195. The standard InChI is InChI=1S/C11H17N3O3/c1-4-7(5-2)14(3)10(15)8-9(11(16)17)13-6-12-8/h6-7H,4-5H2,1-3H3,(H,12,13)(H,16,17). The highest BCUT2D eigenvalue weighted by atomic mass is 16.4. The largest absolute Gasteiger partial charge is 0.477 e. The molecule has 0 bridgehead atoms. The van der Waals surface area contributed by atoms with Gasteiger partial charge in [-0.2, -0.15) is 0 Å². The van der Waals surface area contributed by atoms with Crippen molar-refractivity contribution in [2.75, 3.05) is 7.05 Å². The lowest BCUT2D eigenvalue weighted by Crippen LogP contribution is -2.37. The van der Waals surface area contributed by atoms with Gasteiger partial charge in [0.1, 0.15) is 0 Å². The second kappa shape index (κ2) is 5.47. The van der Waals surface area contributed by atoms with Gasteiger partial charge < -0.3 is 15.0 Å². The van der Waals surface area contributed by atoms with Crippen LogP contribution in [0.5, 0.6) is 0 Å². The molecule has 1 aromatic rings. The Morgan fingerprint density at radius 3 is 2.53 bits per heavy atom. The van der Waals surface area contributed by atoms with E-state index in [1.54, 1.807) is 11.9 Å². The molecule has 1 heterocycles. The van der Waals surface area contributed by atoms with Crippen LogP contribution in [0.15, 0.2) is 6.33 Å². The number of nitrogens with zero attached hydrogens (tertiary/aromatic N) is 2. The number of carbonyl (C=O) groups excluding carboxylic acids is 1. The van der Waals surface area contributed by atoms with Gasteiger partial charge in [-0.25, -0.2) is 9.78 Å². The Hall–Kier alpha value is -1.85. The van der Waals surface area contributed by atoms with Crippen LogP contribution in [0.1, 0.15) is 47.7 Å². The van der Waals surface area contributed by atoms with Gasteiger partial charge >= 0.3 is 5.97 Å². The molecule has 1 rings (SSSR count). The summed E-state index contributed by atoms with van der Waals surface area (Å²) in [4.78, 5) is 30.7. The molecule has 0 aliphatic rings. The zero-order valence-corrected chi connectivity index (χ0v) is 10.2. The minimum absolute atomic E-state index is 0.0353. The Morgan fingerprint density at radius 1 is 1.47 bits per heavy atom. The van der Waals surface area contributed by atoms with Crippen molar-refractivity contribution in [3.05, 3.63) is 17.7 Å². The number of carbonyl (C=O) groups is 2. The number of nitrogens with one attached hydrogen (secondary N) is 1. The van der Waals surface area contributed by atoms with Gasteiger partial charge in [0.2, 0.25) is 0 Å². The highest BCUT2D eigenvalue weighted by Gasteiger charge is 2.25. The summed E-state index contributed by atoms with van der Waals surface area (Å²) < 4.78 is 0. The number of carboxylic acids is 1. The number of aromatic nitrogens is 2. The van der Waals surface area contributed by atoms with Gasteiger partial charge in [0.15, 0.2) is 11.4 Å². The van der Waals surface area contributed by atoms with Crippen molar-refractivity contribution in [3.63, 3.8) is 0 Å². The summed E-state index contributed by atoms with van der Waals surface area (Å²) >= 11 is 0. The fourth-order valence-corrected chi connectivity index (χ4v) is 1.79. The maximum atomic E-state index is 12.1. The SMILES string of the molecule is CCC(CC)N(C)C(=O)c1nc[nH]c1C(=O)O. The molecule has 0 fully saturated rings. The maximum absolute atomic E-state index is 12.1. The minimum Gasteiger partial charge on any atom is -0.477 e. The van der Waals surface area contributed by atoms with Crippen molar-refractivity contribution in [2.24, 2.45) is 0 Å². The number of aromatic carboxylic acids is 1. The van der Waals surface area contributed by atoms with Crippen LogP contribution < -0.4 is 0 Å². The van der Waals surface area contributed by atoms with E-state index < -0.39 is 5.97 Å². The molecule has 1 amide bonds. The van der Waals surface area contributed by atoms with E-state index in [1.165, 1.54) is 6.33 Å². The van der Waals surface area contributed by atoms with Crippen molar-refractivity contribution >= 4 is 11.9 Å². The molecule has 0 unspecified atom stereocenters. The van der Waals surface area contributed by atoms with Crippen molar-refractivity contribution in [2.45, 2.75) is 32.7 Å². The van der Waals surface area contributed by atoms with E-state index >= 15 is 0 Å². The average molecular weight is 239 g/mol. The number of hydrogen-bond acceptors (Lipinski definition) is 3. The predicted octanol–water partition coefficient (Wildman–Crippen LogP) is 1.37. The van der Waals surface area contributed by atoms with Crippen molar-refractivity contribution in [1.29, 1.82) is 0 Å². The molecule has 0 atom stereocenters. The van der Waals surface area contributed by atoms with Crippen LogP contribution >= 0.6 is 0 Å². The highest BCUT2D eigenvalue weighted by molar-refractivity contribution is 6.02. The smallest absolute Gasteiger partial charge is 0.354 e. The summed E-state index contributed by atoms with van der Waals surface area (Å²) in [6, 6.07) is 0.0980. The number of imidazole rings is 1. The first-order chi connectivity index (χ1) is 8.02. The molecule has 0 aromatic carbocycles. The fraction of sp³-hybridized carbons (Fsp3) is 0.545. The van der Waals surface area contributed by atoms with Crippen LogP contribution in [-0.4, -0.2) is 44.9 Å². The van der Waals surface area contributed by atoms with E-state index in [9.17, 15) is 9.59 Å². The molecule has 0 aliphatic carbocycles. The Morgan fingerprint density at radius 2 is 2.06 bits per heavy atom. The van der Waals surface area contributed by atoms with E-state index in [4.69, 9.17) is 5.11 Å². The minimum atomic E-state index is -1.18. The number of aromatic amines is 1. The lowest BCUT2D eigenvalue weighted by molar-refractivity contribution is 0.0659. The molecule has 17 heavy (non-hydrogen) atoms. The second-order valence-electron chi connectivity index (χ2n) is 3.82. The molecule has 0 saturated carbocycles. The van der Waals surface area contributed by atoms with Crippen molar-refractivity contribution in [3.8, 4) is 0 Å². The molecular formula is C11H17N3O3. The van der Waals surface area contributed by atoms with Gasteiger partial charge in [-0.05, 0) is 12.8 Å². The monoisotopic (exact) mass is 239 g/mol. The van der Waals surface area contributed by atoms with Gasteiger partial charge in [0, 0.05) is 13.1 Å². The fourth-order valence-electron chi connectivity index (χ4n) is 1.79. The molecule has 1 aromatic heterocycles. The van der Waals surface area contributed by atoms with E-state index in [0.29, 0.717) is 0 Å². The molecule has 2 N–H and O–H groups in total. The van der Waals surface area contributed by atoms with Crippen LogP contribution in [0, 0.1) is 0 Å². The quantitative estimate of drug-likeness (QED) is 0.812. The van der Waals surface area contributed by atoms with Crippen LogP contribution in [0.2, 0.25) is 0 Å². The summed E-state index contributed by atoms with van der Waals surface area (Å²) in [6.45, 7) is 3.97. The van der Waals surface area contributed by atoms with Crippen LogP contribution in [0.4, 0.5) is 0 Å². The van der Waals surface area contributed by atoms with Gasteiger partial charge in [-0.1, -0.05) is 13.8 Å². The van der Waals surface area contributed by atoms with Crippen LogP contribution in [-0.2, 0) is 0 Å². The number of rotatable bonds is 5.